The molecule has 0 aliphatic heterocycles. The molecule has 136 valence electrons. The van der Waals surface area contributed by atoms with Crippen molar-refractivity contribution in [2.75, 3.05) is 39.6 Å². The van der Waals surface area contributed by atoms with Gasteiger partial charge in [-0.05, 0) is 31.2 Å². The monoisotopic (exact) mass is 362 g/mol. The highest BCUT2D eigenvalue weighted by Gasteiger charge is 2.22. The normalized spacial score (nSPS) is 13.0. The predicted octanol–water partition coefficient (Wildman–Crippen LogP) is 1.23. The number of likely N-dealkylation sites (N-methyl/N-ethyl adjacent to an activating group) is 1. The maximum Gasteiger partial charge on any atom is 0.240 e. The average Bonchev–Trinajstić information content (AvgIpc) is 2.55. The van der Waals surface area contributed by atoms with Crippen LogP contribution in [0.5, 0.6) is 0 Å². The van der Waals surface area contributed by atoms with E-state index < -0.39 is 10.0 Å². The van der Waals surface area contributed by atoms with Gasteiger partial charge in [-0.3, -0.25) is 0 Å². The third kappa shape index (κ3) is 5.04. The topological polar surface area (TPSA) is 53.9 Å². The molecule has 2 aromatic rings. The van der Waals surface area contributed by atoms with E-state index in [2.05, 4.69) is 29.0 Å². The number of nitrogens with one attached hydrogen (secondary N) is 2. The lowest BCUT2D eigenvalue weighted by Gasteiger charge is -2.23. The molecular formula is C19H28N3O2S+. The van der Waals surface area contributed by atoms with Gasteiger partial charge in [-0.15, -0.1) is 0 Å². The van der Waals surface area contributed by atoms with E-state index in [1.54, 1.807) is 12.1 Å². The van der Waals surface area contributed by atoms with Gasteiger partial charge in [0.25, 0.3) is 0 Å². The van der Waals surface area contributed by atoms with Crippen LogP contribution in [0.25, 0.3) is 0 Å². The van der Waals surface area contributed by atoms with Crippen LogP contribution in [0.15, 0.2) is 53.4 Å². The summed E-state index contributed by atoms with van der Waals surface area (Å²) in [7, 11) is 4.56. The molecule has 0 aliphatic carbocycles. The van der Waals surface area contributed by atoms with Gasteiger partial charge < -0.3 is 9.80 Å². The molecule has 25 heavy (non-hydrogen) atoms. The first-order valence-corrected chi connectivity index (χ1v) is 9.82. The Morgan fingerprint density at radius 2 is 1.56 bits per heavy atom. The summed E-state index contributed by atoms with van der Waals surface area (Å²) in [6, 6.07) is 15.2. The summed E-state index contributed by atoms with van der Waals surface area (Å²) in [5, 5.41) is 0. The molecule has 6 heteroatoms. The molecule has 0 unspecified atom stereocenters. The quantitative estimate of drug-likeness (QED) is 0.779. The number of benzene rings is 2. The molecule has 0 saturated carbocycles. The third-order valence-corrected chi connectivity index (χ3v) is 5.76. The summed E-state index contributed by atoms with van der Waals surface area (Å²) in [5.41, 5.74) is 3.27. The first-order valence-electron chi connectivity index (χ1n) is 8.34. The van der Waals surface area contributed by atoms with Crippen molar-refractivity contribution >= 4 is 15.7 Å². The largest absolute Gasteiger partial charge is 0.378 e. The molecule has 0 aromatic heterocycles. The van der Waals surface area contributed by atoms with Crippen LogP contribution in [0.4, 0.5) is 5.69 Å². The highest BCUT2D eigenvalue weighted by atomic mass is 32.2. The molecule has 0 spiro atoms. The molecular weight excluding hydrogens is 334 g/mol. The van der Waals surface area contributed by atoms with Gasteiger partial charge >= 0.3 is 0 Å². The smallest absolute Gasteiger partial charge is 0.240 e. The molecule has 2 rings (SSSR count). The maximum absolute atomic E-state index is 12.5. The zero-order valence-corrected chi connectivity index (χ0v) is 16.4. The number of rotatable bonds is 7. The van der Waals surface area contributed by atoms with Crippen LogP contribution >= 0.6 is 0 Å². The van der Waals surface area contributed by atoms with E-state index in [9.17, 15) is 8.42 Å². The SMILES string of the molecule is Cc1ccc(S(=O)(=O)NC[C@H](c2ccc(N(C)C)cc2)[NH+](C)C)cc1. The molecule has 2 aromatic carbocycles. The van der Waals surface area contributed by atoms with Crippen LogP contribution in [0.1, 0.15) is 17.2 Å². The van der Waals surface area contributed by atoms with Gasteiger partial charge in [-0.1, -0.05) is 29.8 Å². The fraction of sp³-hybridized carbons (Fsp3) is 0.368. The van der Waals surface area contributed by atoms with E-state index in [-0.39, 0.29) is 6.04 Å². The molecule has 0 saturated heterocycles. The zero-order valence-electron chi connectivity index (χ0n) is 15.6. The van der Waals surface area contributed by atoms with Crippen molar-refractivity contribution in [1.29, 1.82) is 0 Å². The fourth-order valence-electron chi connectivity index (χ4n) is 2.65. The Balaban J connectivity index is 2.15. The number of sulfonamides is 1. The summed E-state index contributed by atoms with van der Waals surface area (Å²) in [4.78, 5) is 3.51. The standard InChI is InChI=1S/C19H27N3O2S/c1-15-6-12-18(13-7-15)25(23,24)20-14-19(22(4)5)16-8-10-17(11-9-16)21(2)3/h6-13,19-20H,14H2,1-5H3/p+1/t19-/m1/s1. The molecule has 0 radical (unpaired) electrons. The van der Waals surface area contributed by atoms with Gasteiger partial charge in [-0.25, -0.2) is 13.1 Å². The van der Waals surface area contributed by atoms with Crippen LogP contribution in [0.3, 0.4) is 0 Å². The Hall–Kier alpha value is -1.89. The van der Waals surface area contributed by atoms with Crippen molar-refractivity contribution in [3.63, 3.8) is 0 Å². The van der Waals surface area contributed by atoms with Crippen LogP contribution < -0.4 is 14.5 Å². The van der Waals surface area contributed by atoms with Gasteiger partial charge in [0.15, 0.2) is 0 Å². The van der Waals surface area contributed by atoms with E-state index in [0.717, 1.165) is 16.8 Å². The number of aryl methyl sites for hydroxylation is 1. The second-order valence-corrected chi connectivity index (χ2v) is 8.55. The number of anilines is 1. The lowest BCUT2D eigenvalue weighted by atomic mass is 10.1. The maximum atomic E-state index is 12.5. The second kappa shape index (κ2) is 7.99. The second-order valence-electron chi connectivity index (χ2n) is 6.78. The van der Waals surface area contributed by atoms with Crippen molar-refractivity contribution in [3.8, 4) is 0 Å². The predicted molar refractivity (Wildman–Crippen MR) is 103 cm³/mol. The minimum absolute atomic E-state index is 0.0384. The van der Waals surface area contributed by atoms with Gasteiger partial charge in [0, 0.05) is 25.3 Å². The summed E-state index contributed by atoms with van der Waals surface area (Å²) in [6.07, 6.45) is 0. The van der Waals surface area contributed by atoms with Gasteiger partial charge in [0.05, 0.1) is 25.5 Å². The molecule has 0 bridgehead atoms. The van der Waals surface area contributed by atoms with Gasteiger partial charge in [0.2, 0.25) is 10.0 Å². The highest BCUT2D eigenvalue weighted by Crippen LogP contribution is 2.17. The van der Waals surface area contributed by atoms with E-state index in [1.807, 2.05) is 52.1 Å². The lowest BCUT2D eigenvalue weighted by Crippen LogP contribution is -3.07. The summed E-state index contributed by atoms with van der Waals surface area (Å²) in [5.74, 6) is 0. The van der Waals surface area contributed by atoms with Crippen LogP contribution in [-0.4, -0.2) is 43.2 Å². The minimum atomic E-state index is -3.51. The van der Waals surface area contributed by atoms with Crippen molar-refractivity contribution in [2.24, 2.45) is 0 Å². The number of hydrogen-bond acceptors (Lipinski definition) is 3. The third-order valence-electron chi connectivity index (χ3n) is 4.32. The summed E-state index contributed by atoms with van der Waals surface area (Å²) < 4.78 is 27.8. The highest BCUT2D eigenvalue weighted by molar-refractivity contribution is 7.89. The van der Waals surface area contributed by atoms with E-state index in [1.165, 1.54) is 4.90 Å². The van der Waals surface area contributed by atoms with Crippen LogP contribution in [-0.2, 0) is 10.0 Å². The van der Waals surface area contributed by atoms with Crippen molar-refractivity contribution in [3.05, 3.63) is 59.7 Å². The minimum Gasteiger partial charge on any atom is -0.378 e. The molecule has 5 nitrogen and oxygen atoms in total. The van der Waals surface area contributed by atoms with Gasteiger partial charge in [-0.2, -0.15) is 0 Å². The molecule has 2 N–H and O–H groups in total. The van der Waals surface area contributed by atoms with Crippen molar-refractivity contribution < 1.29 is 13.3 Å². The van der Waals surface area contributed by atoms with Crippen LogP contribution in [0.2, 0.25) is 0 Å². The van der Waals surface area contributed by atoms with Gasteiger partial charge in [0.1, 0.15) is 6.04 Å². The number of nitrogens with zero attached hydrogens (tertiary/aromatic N) is 1. The van der Waals surface area contributed by atoms with Crippen LogP contribution in [0, 0.1) is 6.92 Å². The fourth-order valence-corrected chi connectivity index (χ4v) is 3.70. The lowest BCUT2D eigenvalue weighted by molar-refractivity contribution is -0.890. The van der Waals surface area contributed by atoms with E-state index >= 15 is 0 Å². The Labute approximate surface area is 151 Å². The average molecular weight is 363 g/mol. The number of hydrogen-bond donors (Lipinski definition) is 2. The van der Waals surface area contributed by atoms with E-state index in [4.69, 9.17) is 0 Å². The zero-order chi connectivity index (χ0) is 18.6. The Morgan fingerprint density at radius 1 is 1.00 bits per heavy atom. The Bertz CT molecular complexity index is 782. The van der Waals surface area contributed by atoms with E-state index in [0.29, 0.717) is 11.4 Å². The molecule has 0 heterocycles. The molecule has 0 fully saturated rings. The van der Waals surface area contributed by atoms with Crippen molar-refractivity contribution in [2.45, 2.75) is 17.9 Å². The summed E-state index contributed by atoms with van der Waals surface area (Å²) >= 11 is 0. The Kier molecular flexibility index (Phi) is 6.21. The summed E-state index contributed by atoms with van der Waals surface area (Å²) in [6.45, 7) is 2.28. The first-order chi connectivity index (χ1) is 11.7. The van der Waals surface area contributed by atoms with Crippen molar-refractivity contribution in [1.82, 2.24) is 4.72 Å². The molecule has 0 aliphatic rings. The number of quaternary nitrogens is 1. The molecule has 0 amide bonds. The first kappa shape index (κ1) is 19.4. The molecule has 1 atom stereocenters. The Morgan fingerprint density at radius 3 is 2.04 bits per heavy atom.